The van der Waals surface area contributed by atoms with Crippen LogP contribution >= 0.6 is 11.6 Å². The number of carbonyl (C=O) groups is 1. The molecule has 0 spiro atoms. The zero-order valence-corrected chi connectivity index (χ0v) is 10.3. The molecule has 1 heterocycles. The number of carbonyl (C=O) groups excluding carboxylic acids is 1. The summed E-state index contributed by atoms with van der Waals surface area (Å²) < 4.78 is 1.97. The van der Waals surface area contributed by atoms with E-state index in [1.807, 2.05) is 10.8 Å². The smallest absolute Gasteiger partial charge is 0.267 e. The predicted molar refractivity (Wildman–Crippen MR) is 68.1 cm³/mol. The maximum atomic E-state index is 11.9. The molecule has 1 saturated carbocycles. The molecule has 1 fully saturated rings. The number of aromatic nitrogens is 1. The summed E-state index contributed by atoms with van der Waals surface area (Å²) in [5, 5.41) is 3.47. The summed E-state index contributed by atoms with van der Waals surface area (Å²) in [5.41, 5.74) is 0.651. The Bertz CT molecular complexity index is 454. The van der Waals surface area contributed by atoms with Crippen LogP contribution in [0.1, 0.15) is 42.2 Å². The van der Waals surface area contributed by atoms with Crippen molar-refractivity contribution in [2.24, 2.45) is 0 Å². The Hall–Kier alpha value is -1.40. The van der Waals surface area contributed by atoms with Crippen molar-refractivity contribution in [3.05, 3.63) is 23.0 Å². The molecular formula is C13H15ClN2O. The van der Waals surface area contributed by atoms with E-state index in [-0.39, 0.29) is 5.91 Å². The number of terminal acetylenes is 1. The summed E-state index contributed by atoms with van der Waals surface area (Å²) in [6.45, 7) is 0.608. The fourth-order valence-corrected chi connectivity index (χ4v) is 1.97. The summed E-state index contributed by atoms with van der Waals surface area (Å²) in [7, 11) is 0. The van der Waals surface area contributed by atoms with E-state index in [0.717, 1.165) is 19.3 Å². The van der Waals surface area contributed by atoms with Crippen molar-refractivity contribution in [3.8, 4) is 12.3 Å². The van der Waals surface area contributed by atoms with E-state index in [1.165, 1.54) is 0 Å². The Morgan fingerprint density at radius 2 is 2.41 bits per heavy atom. The number of hydrogen-bond donors (Lipinski definition) is 1. The summed E-state index contributed by atoms with van der Waals surface area (Å²) in [4.78, 5) is 11.9. The molecule has 1 amide bonds. The number of halogens is 1. The zero-order chi connectivity index (χ0) is 12.3. The topological polar surface area (TPSA) is 34.0 Å². The number of rotatable bonds is 5. The highest BCUT2D eigenvalue weighted by molar-refractivity contribution is 6.31. The summed E-state index contributed by atoms with van der Waals surface area (Å²) in [5.74, 6) is 2.48. The lowest BCUT2D eigenvalue weighted by Crippen LogP contribution is -2.26. The van der Waals surface area contributed by atoms with Gasteiger partial charge in [-0.15, -0.1) is 12.3 Å². The van der Waals surface area contributed by atoms with Crippen LogP contribution in [-0.4, -0.2) is 17.0 Å². The SMILES string of the molecule is C#CCCCNC(=O)c1cc(Cl)cn1C1CC1. The Labute approximate surface area is 106 Å². The average Bonchev–Trinajstić information content (AvgIpc) is 3.08. The zero-order valence-electron chi connectivity index (χ0n) is 9.58. The highest BCUT2D eigenvalue weighted by Gasteiger charge is 2.27. The van der Waals surface area contributed by atoms with Crippen LogP contribution in [0, 0.1) is 12.3 Å². The largest absolute Gasteiger partial charge is 0.351 e. The van der Waals surface area contributed by atoms with Crippen molar-refractivity contribution in [2.75, 3.05) is 6.54 Å². The lowest BCUT2D eigenvalue weighted by atomic mass is 10.3. The molecule has 1 aliphatic rings. The molecule has 3 nitrogen and oxygen atoms in total. The Morgan fingerprint density at radius 3 is 3.06 bits per heavy atom. The van der Waals surface area contributed by atoms with Gasteiger partial charge in [0.05, 0.1) is 5.02 Å². The highest BCUT2D eigenvalue weighted by atomic mass is 35.5. The molecule has 1 N–H and O–H groups in total. The Kier molecular flexibility index (Phi) is 3.75. The molecule has 1 aromatic rings. The third-order valence-electron chi connectivity index (χ3n) is 2.77. The molecule has 0 bridgehead atoms. The summed E-state index contributed by atoms with van der Waals surface area (Å²) in [6.07, 6.45) is 10.7. The molecule has 2 rings (SSSR count). The fourth-order valence-electron chi connectivity index (χ4n) is 1.77. The highest BCUT2D eigenvalue weighted by Crippen LogP contribution is 2.37. The van der Waals surface area contributed by atoms with Crippen LogP contribution in [0.4, 0.5) is 0 Å². The second-order valence-electron chi connectivity index (χ2n) is 4.25. The minimum absolute atomic E-state index is 0.0687. The maximum Gasteiger partial charge on any atom is 0.267 e. The maximum absolute atomic E-state index is 11.9. The predicted octanol–water partition coefficient (Wildman–Crippen LogP) is 2.62. The lowest BCUT2D eigenvalue weighted by Gasteiger charge is -2.07. The van der Waals surface area contributed by atoms with E-state index >= 15 is 0 Å². The third-order valence-corrected chi connectivity index (χ3v) is 2.98. The molecule has 0 atom stereocenters. The molecule has 17 heavy (non-hydrogen) atoms. The van der Waals surface area contributed by atoms with Crippen molar-refractivity contribution in [3.63, 3.8) is 0 Å². The van der Waals surface area contributed by atoms with Gasteiger partial charge in [0.2, 0.25) is 0 Å². The average molecular weight is 251 g/mol. The van der Waals surface area contributed by atoms with E-state index in [1.54, 1.807) is 6.07 Å². The van der Waals surface area contributed by atoms with Crippen molar-refractivity contribution in [1.82, 2.24) is 9.88 Å². The first-order valence-corrected chi connectivity index (χ1v) is 6.19. The fraction of sp³-hybridized carbons (Fsp3) is 0.462. The van der Waals surface area contributed by atoms with E-state index in [9.17, 15) is 4.79 Å². The van der Waals surface area contributed by atoms with E-state index < -0.39 is 0 Å². The Balaban J connectivity index is 1.96. The second kappa shape index (κ2) is 5.29. The van der Waals surface area contributed by atoms with Crippen molar-refractivity contribution in [1.29, 1.82) is 0 Å². The van der Waals surface area contributed by atoms with Gasteiger partial charge in [-0.1, -0.05) is 11.6 Å². The van der Waals surface area contributed by atoms with Crippen molar-refractivity contribution < 1.29 is 4.79 Å². The van der Waals surface area contributed by atoms with Crippen LogP contribution in [0.2, 0.25) is 5.02 Å². The normalized spacial score (nSPS) is 14.4. The summed E-state index contributed by atoms with van der Waals surface area (Å²) >= 11 is 5.94. The molecule has 4 heteroatoms. The molecule has 0 unspecified atom stereocenters. The van der Waals surface area contributed by atoms with Gasteiger partial charge in [-0.25, -0.2) is 0 Å². The molecule has 1 aromatic heterocycles. The van der Waals surface area contributed by atoms with Crippen LogP contribution in [0.25, 0.3) is 0 Å². The number of nitrogens with one attached hydrogen (secondary N) is 1. The van der Waals surface area contributed by atoms with Crippen molar-refractivity contribution >= 4 is 17.5 Å². The number of hydrogen-bond acceptors (Lipinski definition) is 1. The molecule has 0 radical (unpaired) electrons. The standard InChI is InChI=1S/C13H15ClN2O/c1-2-3-4-7-15-13(17)12-8-10(14)9-16(12)11-5-6-11/h1,8-9,11H,3-7H2,(H,15,17). The van der Waals surface area contributed by atoms with Crippen LogP contribution in [-0.2, 0) is 0 Å². The van der Waals surface area contributed by atoms with Gasteiger partial charge in [-0.3, -0.25) is 4.79 Å². The van der Waals surface area contributed by atoms with E-state index in [0.29, 0.717) is 29.7 Å². The van der Waals surface area contributed by atoms with Gasteiger partial charge in [-0.05, 0) is 25.3 Å². The van der Waals surface area contributed by atoms with Gasteiger partial charge < -0.3 is 9.88 Å². The Morgan fingerprint density at radius 1 is 1.65 bits per heavy atom. The first-order chi connectivity index (χ1) is 8.22. The van der Waals surface area contributed by atoms with E-state index in [2.05, 4.69) is 11.2 Å². The third kappa shape index (κ3) is 3.04. The molecule has 0 aliphatic heterocycles. The molecule has 90 valence electrons. The first kappa shape index (κ1) is 12.1. The van der Waals surface area contributed by atoms with Gasteiger partial charge in [0.15, 0.2) is 0 Å². The number of nitrogens with zero attached hydrogens (tertiary/aromatic N) is 1. The second-order valence-corrected chi connectivity index (χ2v) is 4.68. The van der Waals surface area contributed by atoms with Gasteiger partial charge in [0.25, 0.3) is 5.91 Å². The van der Waals surface area contributed by atoms with Crippen LogP contribution < -0.4 is 5.32 Å². The van der Waals surface area contributed by atoms with Crippen LogP contribution in [0.15, 0.2) is 12.3 Å². The number of unbranched alkanes of at least 4 members (excludes halogenated alkanes) is 1. The minimum atomic E-state index is -0.0687. The van der Waals surface area contributed by atoms with Crippen LogP contribution in [0.3, 0.4) is 0 Å². The molecule has 0 aromatic carbocycles. The van der Waals surface area contributed by atoms with Crippen LogP contribution in [0.5, 0.6) is 0 Å². The number of amides is 1. The van der Waals surface area contributed by atoms with Gasteiger partial charge in [-0.2, -0.15) is 0 Å². The van der Waals surface area contributed by atoms with Gasteiger partial charge in [0.1, 0.15) is 5.69 Å². The molecule has 0 saturated heterocycles. The monoisotopic (exact) mass is 250 g/mol. The summed E-state index contributed by atoms with van der Waals surface area (Å²) in [6, 6.07) is 2.17. The lowest BCUT2D eigenvalue weighted by molar-refractivity contribution is 0.0944. The minimum Gasteiger partial charge on any atom is -0.351 e. The van der Waals surface area contributed by atoms with Gasteiger partial charge in [0, 0.05) is 25.2 Å². The van der Waals surface area contributed by atoms with Crippen molar-refractivity contribution in [2.45, 2.75) is 31.7 Å². The quantitative estimate of drug-likeness (QED) is 0.633. The van der Waals surface area contributed by atoms with E-state index in [4.69, 9.17) is 18.0 Å². The molecule has 1 aliphatic carbocycles. The molecular weight excluding hydrogens is 236 g/mol. The first-order valence-electron chi connectivity index (χ1n) is 5.81. The van der Waals surface area contributed by atoms with Gasteiger partial charge >= 0.3 is 0 Å².